The van der Waals surface area contributed by atoms with Gasteiger partial charge in [-0.2, -0.15) is 0 Å². The van der Waals surface area contributed by atoms with Crippen molar-refractivity contribution < 1.29 is 14.3 Å². The van der Waals surface area contributed by atoms with Gasteiger partial charge in [-0.15, -0.1) is 0 Å². The summed E-state index contributed by atoms with van der Waals surface area (Å²) in [5.41, 5.74) is 0. The Labute approximate surface area is 108 Å². The summed E-state index contributed by atoms with van der Waals surface area (Å²) in [5, 5.41) is 0. The molecule has 0 bridgehead atoms. The maximum atomic E-state index is 10.8. The fraction of sp³-hybridized carbons (Fsp3) is 0.533. The molecule has 0 radical (unpaired) electrons. The van der Waals surface area contributed by atoms with Gasteiger partial charge in [0.15, 0.2) is 0 Å². The van der Waals surface area contributed by atoms with Crippen LogP contribution in [0.1, 0.15) is 39.0 Å². The number of ether oxygens (including phenoxy) is 2. The van der Waals surface area contributed by atoms with Crippen LogP contribution in [0, 0.1) is 5.92 Å². The van der Waals surface area contributed by atoms with Crippen LogP contribution in [-0.2, 0) is 9.53 Å². The summed E-state index contributed by atoms with van der Waals surface area (Å²) in [6.45, 7) is 2.36. The summed E-state index contributed by atoms with van der Waals surface area (Å²) < 4.78 is 11.2. The molecule has 1 aromatic rings. The van der Waals surface area contributed by atoms with Gasteiger partial charge in [-0.1, -0.05) is 37.5 Å². The fourth-order valence-electron chi connectivity index (χ4n) is 2.65. The van der Waals surface area contributed by atoms with Crippen LogP contribution in [0.4, 0.5) is 0 Å². The zero-order chi connectivity index (χ0) is 12.8. The average molecular weight is 248 g/mol. The number of carbonyl (C=O) groups is 1. The highest BCUT2D eigenvalue weighted by molar-refractivity contribution is 5.38. The molecule has 18 heavy (non-hydrogen) atoms. The fourth-order valence-corrected chi connectivity index (χ4v) is 2.65. The molecule has 1 saturated carbocycles. The first-order valence-corrected chi connectivity index (χ1v) is 6.60. The Morgan fingerprint density at radius 2 is 1.83 bits per heavy atom. The summed E-state index contributed by atoms with van der Waals surface area (Å²) in [6.07, 6.45) is 5.73. The molecule has 3 heteroatoms. The topological polar surface area (TPSA) is 35.5 Å². The molecule has 0 amide bonds. The Hall–Kier alpha value is -1.51. The van der Waals surface area contributed by atoms with Gasteiger partial charge in [0, 0.05) is 12.8 Å². The van der Waals surface area contributed by atoms with Crippen molar-refractivity contribution in [2.45, 2.75) is 44.8 Å². The third-order valence-corrected chi connectivity index (χ3v) is 3.69. The molecule has 3 nitrogen and oxygen atoms in total. The van der Waals surface area contributed by atoms with Crippen LogP contribution in [-0.4, -0.2) is 12.3 Å². The molecule has 0 aliphatic heterocycles. The van der Waals surface area contributed by atoms with Crippen LogP contribution in [0.2, 0.25) is 0 Å². The normalized spacial score (nSPS) is 19.8. The minimum absolute atomic E-state index is 0.275. The molecule has 0 N–H and O–H groups in total. The molecule has 1 atom stereocenters. The molecule has 0 heterocycles. The van der Waals surface area contributed by atoms with Crippen molar-refractivity contribution in [3.63, 3.8) is 0 Å². The Balaban J connectivity index is 2.12. The molecule has 2 rings (SSSR count). The molecule has 1 unspecified atom stereocenters. The largest absolute Gasteiger partial charge is 0.452 e. The highest BCUT2D eigenvalue weighted by Gasteiger charge is 2.39. The number of benzene rings is 1. The first kappa shape index (κ1) is 12.9. The van der Waals surface area contributed by atoms with Crippen molar-refractivity contribution in [2.24, 2.45) is 5.92 Å². The second-order valence-corrected chi connectivity index (χ2v) is 4.98. The van der Waals surface area contributed by atoms with Gasteiger partial charge in [0.05, 0.1) is 0 Å². The molecule has 0 spiro atoms. The van der Waals surface area contributed by atoms with Crippen LogP contribution in [0.15, 0.2) is 30.3 Å². The summed E-state index contributed by atoms with van der Waals surface area (Å²) in [4.78, 5) is 10.8. The van der Waals surface area contributed by atoms with Crippen molar-refractivity contribution in [1.29, 1.82) is 0 Å². The minimum atomic E-state index is -0.844. The predicted molar refractivity (Wildman–Crippen MR) is 69.2 cm³/mol. The molecule has 0 aromatic heterocycles. The second-order valence-electron chi connectivity index (χ2n) is 4.98. The van der Waals surface area contributed by atoms with E-state index in [0.29, 0.717) is 6.47 Å². The average Bonchev–Trinajstić information content (AvgIpc) is 2.41. The SMILES string of the molecule is CC(OC=O)(Oc1ccccc1)C1CCCCC1. The summed E-state index contributed by atoms with van der Waals surface area (Å²) in [5.74, 6) is 0.174. The van der Waals surface area contributed by atoms with Gasteiger partial charge in [-0.3, -0.25) is 4.79 Å². The smallest absolute Gasteiger partial charge is 0.296 e. The Bertz CT molecular complexity index is 371. The molecule has 1 aromatic carbocycles. The van der Waals surface area contributed by atoms with Gasteiger partial charge in [-0.25, -0.2) is 0 Å². The van der Waals surface area contributed by atoms with E-state index in [-0.39, 0.29) is 5.92 Å². The minimum Gasteiger partial charge on any atom is -0.452 e. The van der Waals surface area contributed by atoms with Gasteiger partial charge in [-0.05, 0) is 25.0 Å². The summed E-state index contributed by atoms with van der Waals surface area (Å²) in [6, 6.07) is 9.53. The maximum Gasteiger partial charge on any atom is 0.296 e. The lowest BCUT2D eigenvalue weighted by Crippen LogP contribution is -2.44. The summed E-state index contributed by atoms with van der Waals surface area (Å²) >= 11 is 0. The van der Waals surface area contributed by atoms with E-state index in [1.165, 1.54) is 19.3 Å². The quantitative estimate of drug-likeness (QED) is 0.590. The molecule has 1 aliphatic carbocycles. The lowest BCUT2D eigenvalue weighted by atomic mass is 9.83. The van der Waals surface area contributed by atoms with Crippen molar-refractivity contribution in [3.05, 3.63) is 30.3 Å². The van der Waals surface area contributed by atoms with Crippen LogP contribution < -0.4 is 4.74 Å². The highest BCUT2D eigenvalue weighted by atomic mass is 16.7. The van der Waals surface area contributed by atoms with Gasteiger partial charge in [0.2, 0.25) is 0 Å². The predicted octanol–water partition coefficient (Wildman–Crippen LogP) is 3.53. The van der Waals surface area contributed by atoms with E-state index in [0.717, 1.165) is 18.6 Å². The third kappa shape index (κ3) is 3.03. The highest BCUT2D eigenvalue weighted by Crippen LogP contribution is 2.36. The Morgan fingerprint density at radius 1 is 1.17 bits per heavy atom. The molecular formula is C15H20O3. The molecule has 0 saturated heterocycles. The van der Waals surface area contributed by atoms with E-state index in [1.807, 2.05) is 37.3 Å². The maximum absolute atomic E-state index is 10.8. The van der Waals surface area contributed by atoms with Gasteiger partial charge in [0.1, 0.15) is 5.75 Å². The molecular weight excluding hydrogens is 228 g/mol. The first-order valence-electron chi connectivity index (χ1n) is 6.60. The lowest BCUT2D eigenvalue weighted by Gasteiger charge is -2.37. The zero-order valence-corrected chi connectivity index (χ0v) is 10.8. The standard InChI is InChI=1S/C15H20O3/c1-15(17-12-16,13-8-4-2-5-9-13)18-14-10-6-3-7-11-14/h3,6-7,10-13H,2,4-5,8-9H2,1H3. The molecule has 1 fully saturated rings. The van der Waals surface area contributed by atoms with E-state index in [2.05, 4.69) is 0 Å². The van der Waals surface area contributed by atoms with Crippen LogP contribution in [0.5, 0.6) is 5.75 Å². The number of carbonyl (C=O) groups excluding carboxylic acids is 1. The van der Waals surface area contributed by atoms with Crippen LogP contribution in [0.25, 0.3) is 0 Å². The number of hydrogen-bond donors (Lipinski definition) is 0. The Morgan fingerprint density at radius 3 is 2.44 bits per heavy atom. The first-order chi connectivity index (χ1) is 8.74. The Kier molecular flexibility index (Phi) is 4.24. The van der Waals surface area contributed by atoms with Crippen molar-refractivity contribution in [1.82, 2.24) is 0 Å². The van der Waals surface area contributed by atoms with E-state index in [9.17, 15) is 4.79 Å². The van der Waals surface area contributed by atoms with Crippen LogP contribution in [0.3, 0.4) is 0 Å². The third-order valence-electron chi connectivity index (χ3n) is 3.69. The zero-order valence-electron chi connectivity index (χ0n) is 10.8. The van der Waals surface area contributed by atoms with Gasteiger partial charge < -0.3 is 9.47 Å². The van der Waals surface area contributed by atoms with E-state index >= 15 is 0 Å². The number of hydrogen-bond acceptors (Lipinski definition) is 3. The van der Waals surface area contributed by atoms with E-state index < -0.39 is 5.79 Å². The van der Waals surface area contributed by atoms with Crippen LogP contribution >= 0.6 is 0 Å². The van der Waals surface area contributed by atoms with E-state index in [4.69, 9.17) is 9.47 Å². The number of rotatable bonds is 5. The van der Waals surface area contributed by atoms with Gasteiger partial charge in [0.25, 0.3) is 12.3 Å². The van der Waals surface area contributed by atoms with Gasteiger partial charge >= 0.3 is 0 Å². The van der Waals surface area contributed by atoms with Crippen molar-refractivity contribution >= 4 is 6.47 Å². The van der Waals surface area contributed by atoms with Crippen molar-refractivity contribution in [3.8, 4) is 5.75 Å². The lowest BCUT2D eigenvalue weighted by molar-refractivity contribution is -0.201. The number of para-hydroxylation sites is 1. The monoisotopic (exact) mass is 248 g/mol. The molecule has 98 valence electrons. The second kappa shape index (κ2) is 5.89. The summed E-state index contributed by atoms with van der Waals surface area (Å²) in [7, 11) is 0. The van der Waals surface area contributed by atoms with Crippen molar-refractivity contribution in [2.75, 3.05) is 0 Å². The van der Waals surface area contributed by atoms with E-state index in [1.54, 1.807) is 0 Å². The molecule has 1 aliphatic rings.